The highest BCUT2D eigenvalue weighted by Gasteiger charge is 2.25. The molecule has 1 N–H and O–H groups in total. The van der Waals surface area contributed by atoms with Crippen LogP contribution in [0.2, 0.25) is 0 Å². The lowest BCUT2D eigenvalue weighted by molar-refractivity contribution is 1.09. The van der Waals surface area contributed by atoms with E-state index in [1.807, 2.05) is 0 Å². The number of benzene rings is 7. The molecule has 1 aliphatic rings. The van der Waals surface area contributed by atoms with Crippen LogP contribution in [0.5, 0.6) is 0 Å². The fourth-order valence-corrected chi connectivity index (χ4v) is 8.99. The Labute approximate surface area is 280 Å². The van der Waals surface area contributed by atoms with Crippen molar-refractivity contribution in [1.82, 2.24) is 13.5 Å². The smallest absolute Gasteiger partial charge is 0.119 e. The molecule has 12 rings (SSSR count). The molecular weight excluding hydrogens is 597 g/mol. The maximum Gasteiger partial charge on any atom is 0.119 e. The summed E-state index contributed by atoms with van der Waals surface area (Å²) in [6.07, 6.45) is 4.45. The first-order valence-electron chi connectivity index (χ1n) is 17.0. The van der Waals surface area contributed by atoms with Crippen LogP contribution in [0.3, 0.4) is 0 Å². The average Bonchev–Trinajstić information content (AvgIpc) is 3.89. The van der Waals surface area contributed by atoms with Gasteiger partial charge in [-0.3, -0.25) is 4.57 Å². The maximum absolute atomic E-state index is 3.65. The molecule has 0 radical (unpaired) electrons. The van der Waals surface area contributed by atoms with Crippen LogP contribution in [0.4, 0.5) is 5.82 Å². The van der Waals surface area contributed by atoms with Crippen LogP contribution < -0.4 is 5.32 Å². The quantitative estimate of drug-likeness (QED) is 0.203. The van der Waals surface area contributed by atoms with E-state index in [1.165, 1.54) is 87.1 Å². The third kappa shape index (κ3) is 3.14. The largest absolute Gasteiger partial charge is 0.367 e. The topological polar surface area (TPSA) is 26.3 Å². The van der Waals surface area contributed by atoms with Crippen molar-refractivity contribution >= 4 is 93.5 Å². The van der Waals surface area contributed by atoms with Crippen molar-refractivity contribution < 1.29 is 0 Å². The number of anilines is 1. The van der Waals surface area contributed by atoms with Crippen LogP contribution in [0.1, 0.15) is 5.56 Å². The minimum absolute atomic E-state index is 0.826. The molecule has 49 heavy (non-hydrogen) atoms. The molecule has 228 valence electrons. The number of rotatable bonds is 2. The minimum atomic E-state index is 0.826. The Morgan fingerprint density at radius 2 is 1.06 bits per heavy atom. The average molecular weight is 625 g/mol. The molecule has 0 saturated carbocycles. The number of aromatic nitrogens is 3. The normalized spacial score (nSPS) is 13.3. The second kappa shape index (κ2) is 9.09. The molecule has 0 spiro atoms. The van der Waals surface area contributed by atoms with Crippen LogP contribution in [0.25, 0.3) is 99.0 Å². The third-order valence-electron chi connectivity index (χ3n) is 10.9. The zero-order valence-electron chi connectivity index (χ0n) is 26.5. The molecule has 11 aromatic rings. The van der Waals surface area contributed by atoms with Crippen molar-refractivity contribution in [1.29, 1.82) is 0 Å². The Kier molecular flexibility index (Phi) is 4.74. The van der Waals surface area contributed by atoms with Crippen molar-refractivity contribution in [3.8, 4) is 11.4 Å². The lowest BCUT2D eigenvalue weighted by Crippen LogP contribution is -2.08. The Balaban J connectivity index is 1.22. The van der Waals surface area contributed by atoms with Crippen LogP contribution in [0.15, 0.2) is 146 Å². The van der Waals surface area contributed by atoms with Crippen molar-refractivity contribution in [2.75, 3.05) is 11.9 Å². The molecule has 1 aliphatic heterocycles. The molecule has 4 nitrogen and oxygen atoms in total. The summed E-state index contributed by atoms with van der Waals surface area (Å²) in [4.78, 5) is 0. The van der Waals surface area contributed by atoms with E-state index in [0.29, 0.717) is 0 Å². The molecule has 5 heterocycles. The summed E-state index contributed by atoms with van der Waals surface area (Å²) < 4.78 is 7.38. The number of hydrogen-bond acceptors (Lipinski definition) is 1. The van der Waals surface area contributed by atoms with Crippen LogP contribution in [-0.2, 0) is 0 Å². The number of nitrogens with zero attached hydrogens (tertiary/aromatic N) is 3. The van der Waals surface area contributed by atoms with Crippen molar-refractivity contribution in [2.24, 2.45) is 0 Å². The molecule has 0 aliphatic carbocycles. The number of hydrogen-bond donors (Lipinski definition) is 1. The highest BCUT2D eigenvalue weighted by atomic mass is 15.1. The van der Waals surface area contributed by atoms with E-state index in [-0.39, 0.29) is 0 Å². The summed E-state index contributed by atoms with van der Waals surface area (Å²) in [6.45, 7) is 0.826. The second-order valence-electron chi connectivity index (χ2n) is 13.3. The van der Waals surface area contributed by atoms with E-state index in [4.69, 9.17) is 0 Å². The van der Waals surface area contributed by atoms with Gasteiger partial charge in [-0.15, -0.1) is 0 Å². The first kappa shape index (κ1) is 25.6. The standard InChI is InChI=1S/C45H28N4/c1-2-11-30-27(10-1)19-24-40-41(30)42-43-35(26-36-33-14-5-8-18-39(33)49(40)44(36)42)32-13-4-6-16-37(32)47(43)28-20-22-29(23-21-28)48-38-17-7-3-12-31(38)34-15-9-25-46-45(34)48/h1-24,26,46H,25H2. The van der Waals surface area contributed by atoms with Gasteiger partial charge in [-0.25, -0.2) is 0 Å². The predicted molar refractivity (Wildman–Crippen MR) is 207 cm³/mol. The van der Waals surface area contributed by atoms with Crippen LogP contribution >= 0.6 is 0 Å². The molecule has 0 atom stereocenters. The van der Waals surface area contributed by atoms with Crippen molar-refractivity contribution in [3.05, 3.63) is 151 Å². The zero-order valence-corrected chi connectivity index (χ0v) is 26.5. The molecule has 4 heteroatoms. The van der Waals surface area contributed by atoms with Gasteiger partial charge in [0.05, 0.1) is 33.1 Å². The first-order chi connectivity index (χ1) is 24.3. The van der Waals surface area contributed by atoms with Gasteiger partial charge in [0.25, 0.3) is 0 Å². The molecule has 0 amide bonds. The highest BCUT2D eigenvalue weighted by Crippen LogP contribution is 2.48. The number of para-hydroxylation sites is 3. The van der Waals surface area contributed by atoms with E-state index in [9.17, 15) is 0 Å². The fourth-order valence-electron chi connectivity index (χ4n) is 8.99. The third-order valence-corrected chi connectivity index (χ3v) is 10.9. The van der Waals surface area contributed by atoms with Gasteiger partial charge in [-0.2, -0.15) is 0 Å². The van der Waals surface area contributed by atoms with Crippen LogP contribution in [0, 0.1) is 0 Å². The van der Waals surface area contributed by atoms with E-state index >= 15 is 0 Å². The van der Waals surface area contributed by atoms with Crippen LogP contribution in [-0.4, -0.2) is 20.1 Å². The van der Waals surface area contributed by atoms with E-state index in [0.717, 1.165) is 23.7 Å². The van der Waals surface area contributed by atoms with Gasteiger partial charge in [0.15, 0.2) is 0 Å². The van der Waals surface area contributed by atoms with Gasteiger partial charge in [-0.1, -0.05) is 97.1 Å². The zero-order chi connectivity index (χ0) is 31.8. The van der Waals surface area contributed by atoms with Gasteiger partial charge in [0.2, 0.25) is 0 Å². The molecule has 0 bridgehead atoms. The highest BCUT2D eigenvalue weighted by molar-refractivity contribution is 6.37. The lowest BCUT2D eigenvalue weighted by Gasteiger charge is -2.16. The van der Waals surface area contributed by atoms with E-state index < -0.39 is 0 Å². The molecule has 0 unspecified atom stereocenters. The van der Waals surface area contributed by atoms with E-state index in [2.05, 4.69) is 171 Å². The summed E-state index contributed by atoms with van der Waals surface area (Å²) >= 11 is 0. The molecule has 0 saturated heterocycles. The predicted octanol–water partition coefficient (Wildman–Crippen LogP) is 11.5. The van der Waals surface area contributed by atoms with Gasteiger partial charge >= 0.3 is 0 Å². The van der Waals surface area contributed by atoms with Gasteiger partial charge in [0, 0.05) is 61.2 Å². The Hall–Kier alpha value is -6.52. The molecule has 7 aromatic carbocycles. The summed E-state index contributed by atoms with van der Waals surface area (Å²) in [5.41, 5.74) is 11.0. The summed E-state index contributed by atoms with van der Waals surface area (Å²) in [5, 5.41) is 15.3. The number of nitrogens with one attached hydrogen (secondary N) is 1. The van der Waals surface area contributed by atoms with Crippen molar-refractivity contribution in [2.45, 2.75) is 0 Å². The van der Waals surface area contributed by atoms with Crippen molar-refractivity contribution in [3.63, 3.8) is 0 Å². The Morgan fingerprint density at radius 3 is 1.86 bits per heavy atom. The van der Waals surface area contributed by atoms with E-state index in [1.54, 1.807) is 0 Å². The van der Waals surface area contributed by atoms with Gasteiger partial charge in [0.1, 0.15) is 5.82 Å². The minimum Gasteiger partial charge on any atom is -0.367 e. The molecule has 0 fully saturated rings. The molecular formula is C45H28N4. The summed E-state index contributed by atoms with van der Waals surface area (Å²) in [6, 6.07) is 51.5. The molecule has 4 aromatic heterocycles. The first-order valence-corrected chi connectivity index (χ1v) is 17.0. The summed E-state index contributed by atoms with van der Waals surface area (Å²) in [5.74, 6) is 1.15. The maximum atomic E-state index is 3.65. The Morgan fingerprint density at radius 1 is 0.449 bits per heavy atom. The number of fused-ring (bicyclic) bond motifs is 15. The van der Waals surface area contributed by atoms with Gasteiger partial charge < -0.3 is 14.3 Å². The SMILES string of the molecule is C1=Cc2c(n(-c3ccc(-n4c5ccccc5c5cc6c7ccccc7n7c8ccc9ccccc9c8c(c54)c67)cc3)c3ccccc23)NC1. The fraction of sp³-hybridized carbons (Fsp3) is 0.0222. The summed E-state index contributed by atoms with van der Waals surface area (Å²) in [7, 11) is 0. The van der Waals surface area contributed by atoms with Gasteiger partial charge in [-0.05, 0) is 65.4 Å². The second-order valence-corrected chi connectivity index (χ2v) is 13.3. The monoisotopic (exact) mass is 624 g/mol. The Bertz CT molecular complexity index is 3200. The lowest BCUT2D eigenvalue weighted by atomic mass is 9.99.